The molecule has 0 spiro atoms. The molecular formula is C25H28ClN3O5. The van der Waals surface area contributed by atoms with Crippen LogP contribution in [0.5, 0.6) is 5.75 Å². The lowest BCUT2D eigenvalue weighted by Gasteiger charge is -2.26. The number of carboxylic acids is 1. The number of anilines is 1. The first kappa shape index (κ1) is 23.9. The fraction of sp³-hybridized carbons (Fsp3) is 0.400. The summed E-state index contributed by atoms with van der Waals surface area (Å²) in [5, 5.41) is 15.4. The second-order valence-corrected chi connectivity index (χ2v) is 8.99. The topological polar surface area (TPSA) is 108 Å². The van der Waals surface area contributed by atoms with Gasteiger partial charge in [0.1, 0.15) is 5.75 Å². The maximum absolute atomic E-state index is 12.5. The molecule has 1 aliphatic heterocycles. The van der Waals surface area contributed by atoms with Crippen molar-refractivity contribution in [3.05, 3.63) is 58.6 Å². The second kappa shape index (κ2) is 10.8. The zero-order valence-corrected chi connectivity index (χ0v) is 19.5. The number of benzene rings is 2. The van der Waals surface area contributed by atoms with Gasteiger partial charge in [0.2, 0.25) is 0 Å². The lowest BCUT2D eigenvalue weighted by atomic mass is 9.87. The summed E-state index contributed by atoms with van der Waals surface area (Å²) in [7, 11) is 0. The summed E-state index contributed by atoms with van der Waals surface area (Å²) in [6, 6.07) is 12.2. The molecule has 34 heavy (non-hydrogen) atoms. The van der Waals surface area contributed by atoms with Crippen molar-refractivity contribution in [1.82, 2.24) is 10.6 Å². The summed E-state index contributed by atoms with van der Waals surface area (Å²) >= 11 is 6.20. The summed E-state index contributed by atoms with van der Waals surface area (Å²) in [4.78, 5) is 37.6. The molecule has 1 fully saturated rings. The van der Waals surface area contributed by atoms with E-state index in [9.17, 15) is 14.4 Å². The number of nitrogens with one attached hydrogen (secondary N) is 2. The maximum Gasteiger partial charge on any atom is 0.321 e. The van der Waals surface area contributed by atoms with E-state index in [-0.39, 0.29) is 24.0 Å². The molecule has 0 saturated heterocycles. The van der Waals surface area contributed by atoms with Crippen LogP contribution in [0.15, 0.2) is 42.5 Å². The van der Waals surface area contributed by atoms with E-state index in [0.717, 1.165) is 17.7 Å². The van der Waals surface area contributed by atoms with E-state index in [4.69, 9.17) is 21.4 Å². The van der Waals surface area contributed by atoms with Gasteiger partial charge in [0.05, 0.1) is 17.7 Å². The Morgan fingerprint density at radius 3 is 2.41 bits per heavy atom. The molecule has 180 valence electrons. The van der Waals surface area contributed by atoms with Gasteiger partial charge in [-0.2, -0.15) is 0 Å². The predicted octanol–water partition coefficient (Wildman–Crippen LogP) is 3.86. The number of carbonyl (C=O) groups is 3. The quantitative estimate of drug-likeness (QED) is 0.516. The van der Waals surface area contributed by atoms with Crippen LogP contribution in [0, 0.1) is 5.92 Å². The second-order valence-electron chi connectivity index (χ2n) is 8.58. The van der Waals surface area contributed by atoms with Crippen LogP contribution in [0.2, 0.25) is 5.02 Å². The van der Waals surface area contributed by atoms with Crippen LogP contribution in [0.1, 0.15) is 41.6 Å². The third-order valence-electron chi connectivity index (χ3n) is 6.34. The Hall–Kier alpha value is -3.26. The first-order valence-electron chi connectivity index (χ1n) is 11.5. The van der Waals surface area contributed by atoms with Gasteiger partial charge in [-0.15, -0.1) is 0 Å². The molecule has 3 N–H and O–H groups in total. The Balaban J connectivity index is 1.18. The number of rotatable bonds is 7. The number of fused-ring (bicyclic) bond motifs is 1. The third-order valence-corrected chi connectivity index (χ3v) is 6.70. The van der Waals surface area contributed by atoms with Crippen molar-refractivity contribution in [3.63, 3.8) is 0 Å². The highest BCUT2D eigenvalue weighted by atomic mass is 35.5. The minimum Gasteiger partial charge on any atom is -0.490 e. The van der Waals surface area contributed by atoms with E-state index in [1.54, 1.807) is 29.2 Å². The zero-order chi connectivity index (χ0) is 24.1. The van der Waals surface area contributed by atoms with E-state index in [1.165, 1.54) is 0 Å². The number of hydrogen-bond donors (Lipinski definition) is 3. The van der Waals surface area contributed by atoms with Gasteiger partial charge in [0.25, 0.3) is 5.91 Å². The van der Waals surface area contributed by atoms with Gasteiger partial charge in [0, 0.05) is 30.2 Å². The van der Waals surface area contributed by atoms with Gasteiger partial charge in [-0.25, -0.2) is 4.79 Å². The molecule has 2 aromatic carbocycles. The largest absolute Gasteiger partial charge is 0.490 e. The molecule has 1 saturated carbocycles. The number of aliphatic carboxylic acids is 1. The highest BCUT2D eigenvalue weighted by Gasteiger charge is 2.27. The van der Waals surface area contributed by atoms with Crippen LogP contribution >= 0.6 is 11.6 Å². The predicted molar refractivity (Wildman–Crippen MR) is 129 cm³/mol. The highest BCUT2D eigenvalue weighted by Crippen LogP contribution is 2.33. The van der Waals surface area contributed by atoms with E-state index in [0.29, 0.717) is 61.7 Å². The van der Waals surface area contributed by atoms with Gasteiger partial charge in [0.15, 0.2) is 0 Å². The maximum atomic E-state index is 12.5. The third kappa shape index (κ3) is 5.62. The van der Waals surface area contributed by atoms with Gasteiger partial charge in [-0.3, -0.25) is 14.5 Å². The normalized spacial score (nSPS) is 19.3. The molecule has 1 heterocycles. The fourth-order valence-corrected chi connectivity index (χ4v) is 4.71. The Morgan fingerprint density at radius 1 is 1.00 bits per heavy atom. The highest BCUT2D eigenvalue weighted by molar-refractivity contribution is 6.32. The van der Waals surface area contributed by atoms with E-state index >= 15 is 0 Å². The van der Waals surface area contributed by atoms with Crippen molar-refractivity contribution in [2.45, 2.75) is 38.2 Å². The smallest absolute Gasteiger partial charge is 0.321 e. The standard InChI is InChI=1S/C25H28ClN3O5/c26-21-2-1-3-22-20(21)12-15-29(22)25(33)28-14-13-27-23(30)16-4-8-18(9-5-16)34-19-10-6-17(7-11-19)24(31)32/h1-5,8-9,17,19H,6-7,10-15H2,(H,27,30)(H,28,33)(H,31,32). The molecule has 2 aliphatic rings. The molecule has 0 aromatic heterocycles. The van der Waals surface area contributed by atoms with Crippen LogP contribution in [0.3, 0.4) is 0 Å². The lowest BCUT2D eigenvalue weighted by Crippen LogP contribution is -2.42. The van der Waals surface area contributed by atoms with E-state index in [1.807, 2.05) is 18.2 Å². The number of ether oxygens (including phenoxy) is 1. The van der Waals surface area contributed by atoms with E-state index in [2.05, 4.69) is 10.6 Å². The van der Waals surface area contributed by atoms with Crippen LogP contribution in [0.25, 0.3) is 0 Å². The van der Waals surface area contributed by atoms with Crippen LogP contribution in [-0.4, -0.2) is 48.8 Å². The lowest BCUT2D eigenvalue weighted by molar-refractivity contribution is -0.143. The average molecular weight is 486 g/mol. The molecular weight excluding hydrogens is 458 g/mol. The molecule has 0 bridgehead atoms. The van der Waals surface area contributed by atoms with Crippen LogP contribution < -0.4 is 20.3 Å². The van der Waals surface area contributed by atoms with E-state index < -0.39 is 5.97 Å². The molecule has 0 radical (unpaired) electrons. The number of amides is 3. The number of urea groups is 1. The molecule has 3 amide bonds. The average Bonchev–Trinajstić information content (AvgIpc) is 3.28. The minimum absolute atomic E-state index is 0.00233. The van der Waals surface area contributed by atoms with Gasteiger partial charge < -0.3 is 20.5 Å². The molecule has 1 aliphatic carbocycles. The first-order valence-corrected chi connectivity index (χ1v) is 11.9. The summed E-state index contributed by atoms with van der Waals surface area (Å²) in [6.07, 6.45) is 3.38. The zero-order valence-electron chi connectivity index (χ0n) is 18.8. The molecule has 9 heteroatoms. The Morgan fingerprint density at radius 2 is 1.71 bits per heavy atom. The van der Waals surface area contributed by atoms with Crippen molar-refractivity contribution >= 4 is 35.2 Å². The molecule has 0 unspecified atom stereocenters. The van der Waals surface area contributed by atoms with Crippen molar-refractivity contribution in [3.8, 4) is 5.75 Å². The number of carboxylic acid groups (broad SMARTS) is 1. The Bertz CT molecular complexity index is 1050. The van der Waals surface area contributed by atoms with Gasteiger partial charge in [-0.05, 0) is 74.1 Å². The number of nitrogens with zero attached hydrogens (tertiary/aromatic N) is 1. The van der Waals surface area contributed by atoms with Crippen molar-refractivity contribution < 1.29 is 24.2 Å². The summed E-state index contributed by atoms with van der Waals surface area (Å²) in [5.74, 6) is -0.588. The minimum atomic E-state index is -0.736. The molecule has 0 atom stereocenters. The van der Waals surface area contributed by atoms with Gasteiger partial charge in [-0.1, -0.05) is 17.7 Å². The number of hydrogen-bond acceptors (Lipinski definition) is 4. The van der Waals surface area contributed by atoms with Crippen LogP contribution in [0.4, 0.5) is 10.5 Å². The van der Waals surface area contributed by atoms with Crippen molar-refractivity contribution in [2.24, 2.45) is 5.92 Å². The summed E-state index contributed by atoms with van der Waals surface area (Å²) in [6.45, 7) is 1.18. The molecule has 4 rings (SSSR count). The molecule has 2 aromatic rings. The summed E-state index contributed by atoms with van der Waals surface area (Å²) < 4.78 is 5.94. The number of halogens is 1. The monoisotopic (exact) mass is 485 g/mol. The Kier molecular flexibility index (Phi) is 7.57. The van der Waals surface area contributed by atoms with Crippen molar-refractivity contribution in [2.75, 3.05) is 24.5 Å². The van der Waals surface area contributed by atoms with Gasteiger partial charge >= 0.3 is 12.0 Å². The first-order chi connectivity index (χ1) is 16.4. The molecule has 8 nitrogen and oxygen atoms in total. The van der Waals surface area contributed by atoms with Crippen LogP contribution in [-0.2, 0) is 11.2 Å². The number of carbonyl (C=O) groups excluding carboxylic acids is 2. The SMILES string of the molecule is O=C(NCCNC(=O)N1CCc2c(Cl)cccc21)c1ccc(OC2CCC(C(=O)O)CC2)cc1. The Labute approximate surface area is 203 Å². The summed E-state index contributed by atoms with van der Waals surface area (Å²) in [5.41, 5.74) is 2.30. The van der Waals surface area contributed by atoms with Crippen molar-refractivity contribution in [1.29, 1.82) is 0 Å². The fourth-order valence-electron chi connectivity index (χ4n) is 4.45.